The van der Waals surface area contributed by atoms with Gasteiger partial charge in [0.2, 0.25) is 0 Å². The second-order valence-corrected chi connectivity index (χ2v) is 6.98. The standard InChI is InChI=1S/C8H20Si/c1-6(2)7(3)8(4,5)9/h6-7H,1-5,9H3. The van der Waals surface area contributed by atoms with Crippen LogP contribution in [0.4, 0.5) is 0 Å². The van der Waals surface area contributed by atoms with Crippen LogP contribution in [0.25, 0.3) is 0 Å². The zero-order valence-electron chi connectivity index (χ0n) is 7.65. The Morgan fingerprint density at radius 2 is 1.44 bits per heavy atom. The van der Waals surface area contributed by atoms with Gasteiger partial charge in [-0.25, -0.2) is 0 Å². The van der Waals surface area contributed by atoms with Gasteiger partial charge >= 0.3 is 0 Å². The molecule has 0 aliphatic rings. The fourth-order valence-electron chi connectivity index (χ4n) is 1.00. The second kappa shape index (κ2) is 2.87. The number of hydrogen-bond acceptors (Lipinski definition) is 0. The van der Waals surface area contributed by atoms with Crippen molar-refractivity contribution < 1.29 is 0 Å². The summed E-state index contributed by atoms with van der Waals surface area (Å²) in [6.45, 7) is 11.7. The molecule has 0 aliphatic carbocycles. The van der Waals surface area contributed by atoms with Crippen molar-refractivity contribution >= 4 is 10.2 Å². The monoisotopic (exact) mass is 144 g/mol. The highest BCUT2D eigenvalue weighted by atomic mass is 28.1. The molecule has 0 fully saturated rings. The summed E-state index contributed by atoms with van der Waals surface area (Å²) in [5, 5.41) is 0.619. The van der Waals surface area contributed by atoms with Crippen molar-refractivity contribution in [2.24, 2.45) is 11.8 Å². The third kappa shape index (κ3) is 3.04. The maximum Gasteiger partial charge on any atom is 0.0103 e. The van der Waals surface area contributed by atoms with Crippen molar-refractivity contribution in [2.45, 2.75) is 39.7 Å². The van der Waals surface area contributed by atoms with Crippen LogP contribution >= 0.6 is 0 Å². The molecule has 1 unspecified atom stereocenters. The van der Waals surface area contributed by atoms with E-state index in [1.807, 2.05) is 0 Å². The first-order valence-electron chi connectivity index (χ1n) is 3.85. The van der Waals surface area contributed by atoms with Crippen LogP contribution in [-0.4, -0.2) is 10.2 Å². The molecule has 0 rings (SSSR count). The smallest absolute Gasteiger partial charge is 0.0103 e. The lowest BCUT2D eigenvalue weighted by molar-refractivity contribution is 0.332. The molecule has 9 heavy (non-hydrogen) atoms. The minimum Gasteiger partial charge on any atom is -0.0630 e. The van der Waals surface area contributed by atoms with E-state index in [4.69, 9.17) is 0 Å². The lowest BCUT2D eigenvalue weighted by atomic mass is 9.86. The highest BCUT2D eigenvalue weighted by molar-refractivity contribution is 6.14. The first kappa shape index (κ1) is 9.22. The third-order valence-corrected chi connectivity index (χ3v) is 3.28. The van der Waals surface area contributed by atoms with Crippen LogP contribution in [0.1, 0.15) is 34.6 Å². The van der Waals surface area contributed by atoms with Gasteiger partial charge in [-0.15, -0.1) is 0 Å². The minimum absolute atomic E-state index is 0.619. The van der Waals surface area contributed by atoms with Crippen LogP contribution in [0.2, 0.25) is 5.04 Å². The van der Waals surface area contributed by atoms with E-state index in [-0.39, 0.29) is 0 Å². The van der Waals surface area contributed by atoms with E-state index in [1.165, 1.54) is 10.2 Å². The fourth-order valence-corrected chi connectivity index (χ4v) is 1.67. The van der Waals surface area contributed by atoms with Gasteiger partial charge in [0.05, 0.1) is 0 Å². The highest BCUT2D eigenvalue weighted by Gasteiger charge is 2.21. The summed E-state index contributed by atoms with van der Waals surface area (Å²) in [6, 6.07) is 0. The third-order valence-electron chi connectivity index (χ3n) is 2.37. The molecule has 0 aromatic heterocycles. The topological polar surface area (TPSA) is 0 Å². The number of hydrogen-bond donors (Lipinski definition) is 0. The second-order valence-electron chi connectivity index (χ2n) is 4.40. The Balaban J connectivity index is 3.88. The summed E-state index contributed by atoms with van der Waals surface area (Å²) in [4.78, 5) is 0. The average molecular weight is 144 g/mol. The lowest BCUT2D eigenvalue weighted by Crippen LogP contribution is -2.19. The molecule has 0 bridgehead atoms. The molecule has 0 spiro atoms. The predicted octanol–water partition coefficient (Wildman–Crippen LogP) is 1.84. The van der Waals surface area contributed by atoms with Crippen LogP contribution in [0, 0.1) is 11.8 Å². The molecule has 0 N–H and O–H groups in total. The maximum atomic E-state index is 2.36. The van der Waals surface area contributed by atoms with Gasteiger partial charge < -0.3 is 0 Å². The molecule has 56 valence electrons. The number of rotatable bonds is 2. The molecule has 0 aromatic rings. The molecule has 0 radical (unpaired) electrons. The van der Waals surface area contributed by atoms with Gasteiger partial charge in [-0.3, -0.25) is 0 Å². The van der Waals surface area contributed by atoms with Crippen molar-refractivity contribution in [3.8, 4) is 0 Å². The Labute approximate surface area is 62.5 Å². The normalized spacial score (nSPS) is 16.7. The van der Waals surface area contributed by atoms with Gasteiger partial charge in [0.1, 0.15) is 0 Å². The van der Waals surface area contributed by atoms with Crippen molar-refractivity contribution in [3.05, 3.63) is 0 Å². The van der Waals surface area contributed by atoms with Crippen molar-refractivity contribution in [2.75, 3.05) is 0 Å². The molecule has 0 saturated carbocycles. The molecule has 1 heteroatoms. The summed E-state index contributed by atoms with van der Waals surface area (Å²) in [5.74, 6) is 1.72. The van der Waals surface area contributed by atoms with Gasteiger partial charge in [-0.05, 0) is 16.9 Å². The van der Waals surface area contributed by atoms with Crippen molar-refractivity contribution in [1.82, 2.24) is 0 Å². The van der Waals surface area contributed by atoms with Gasteiger partial charge in [0.25, 0.3) is 0 Å². The van der Waals surface area contributed by atoms with E-state index >= 15 is 0 Å². The van der Waals surface area contributed by atoms with Gasteiger partial charge in [-0.2, -0.15) is 0 Å². The summed E-state index contributed by atoms with van der Waals surface area (Å²) in [7, 11) is 1.31. The van der Waals surface area contributed by atoms with E-state index < -0.39 is 0 Å². The van der Waals surface area contributed by atoms with Crippen LogP contribution in [0.3, 0.4) is 0 Å². The predicted molar refractivity (Wildman–Crippen MR) is 48.0 cm³/mol. The Hall–Kier alpha value is 0.217. The molecule has 0 saturated heterocycles. The Bertz CT molecular complexity index is 79.1. The Morgan fingerprint density at radius 1 is 1.11 bits per heavy atom. The van der Waals surface area contributed by atoms with Gasteiger partial charge in [0, 0.05) is 10.2 Å². The molecular weight excluding hydrogens is 124 g/mol. The van der Waals surface area contributed by atoms with E-state index in [9.17, 15) is 0 Å². The summed E-state index contributed by atoms with van der Waals surface area (Å²) in [5.41, 5.74) is 0. The van der Waals surface area contributed by atoms with Crippen molar-refractivity contribution in [1.29, 1.82) is 0 Å². The summed E-state index contributed by atoms with van der Waals surface area (Å²) >= 11 is 0. The van der Waals surface area contributed by atoms with E-state index in [1.54, 1.807) is 0 Å². The quantitative estimate of drug-likeness (QED) is 0.519. The van der Waals surface area contributed by atoms with Crippen LogP contribution in [-0.2, 0) is 0 Å². The fraction of sp³-hybridized carbons (Fsp3) is 1.00. The Kier molecular flexibility index (Phi) is 2.94. The SMILES string of the molecule is CC(C)C(C)C(C)(C)[SiH3]. The molecule has 0 nitrogen and oxygen atoms in total. The molecular formula is C8H20Si. The Morgan fingerprint density at radius 3 is 1.44 bits per heavy atom. The van der Waals surface area contributed by atoms with Crippen LogP contribution in [0.15, 0.2) is 0 Å². The van der Waals surface area contributed by atoms with E-state index in [0.29, 0.717) is 5.04 Å². The van der Waals surface area contributed by atoms with E-state index in [2.05, 4.69) is 34.6 Å². The van der Waals surface area contributed by atoms with Crippen molar-refractivity contribution in [3.63, 3.8) is 0 Å². The zero-order valence-corrected chi connectivity index (χ0v) is 9.65. The first-order chi connectivity index (χ1) is 3.85. The summed E-state index contributed by atoms with van der Waals surface area (Å²) < 4.78 is 0. The average Bonchev–Trinajstić information content (AvgIpc) is 1.62. The van der Waals surface area contributed by atoms with Crippen LogP contribution < -0.4 is 0 Å². The molecule has 1 atom stereocenters. The van der Waals surface area contributed by atoms with Gasteiger partial charge in [-0.1, -0.05) is 34.6 Å². The van der Waals surface area contributed by atoms with Crippen LogP contribution in [0.5, 0.6) is 0 Å². The highest BCUT2D eigenvalue weighted by Crippen LogP contribution is 2.34. The molecule has 0 aliphatic heterocycles. The zero-order chi connectivity index (χ0) is 7.65. The minimum atomic E-state index is 0.619. The lowest BCUT2D eigenvalue weighted by Gasteiger charge is -2.30. The van der Waals surface area contributed by atoms with Gasteiger partial charge in [0.15, 0.2) is 0 Å². The van der Waals surface area contributed by atoms with E-state index in [0.717, 1.165) is 11.8 Å². The maximum absolute atomic E-state index is 2.36. The molecule has 0 amide bonds. The largest absolute Gasteiger partial charge is 0.0630 e. The molecule has 0 heterocycles. The summed E-state index contributed by atoms with van der Waals surface area (Å²) in [6.07, 6.45) is 0. The first-order valence-corrected chi connectivity index (χ1v) is 4.85. The molecule has 0 aromatic carbocycles.